The van der Waals surface area contributed by atoms with Crippen molar-refractivity contribution >= 4 is 11.6 Å². The van der Waals surface area contributed by atoms with Gasteiger partial charge in [0.15, 0.2) is 0 Å². The third-order valence-corrected chi connectivity index (χ3v) is 4.17. The highest BCUT2D eigenvalue weighted by molar-refractivity contribution is 5.91. The fourth-order valence-corrected chi connectivity index (χ4v) is 3.17. The molecule has 1 aliphatic rings. The molecule has 2 heterocycles. The summed E-state index contributed by atoms with van der Waals surface area (Å²) in [5.41, 5.74) is 1.34. The molecule has 1 aliphatic heterocycles. The lowest BCUT2D eigenvalue weighted by Gasteiger charge is -2.15. The molecule has 1 saturated heterocycles. The van der Waals surface area contributed by atoms with Crippen LogP contribution in [0.15, 0.2) is 30.6 Å². The summed E-state index contributed by atoms with van der Waals surface area (Å²) in [6, 6.07) is 3.63. The summed E-state index contributed by atoms with van der Waals surface area (Å²) < 4.78 is 28.1. The van der Waals surface area contributed by atoms with Gasteiger partial charge in [-0.25, -0.2) is 8.78 Å². The first kappa shape index (κ1) is 16.6. The summed E-state index contributed by atoms with van der Waals surface area (Å²) in [6.07, 6.45) is 4.88. The molecule has 0 radical (unpaired) electrons. The molecule has 1 unspecified atom stereocenters. The average Bonchev–Trinajstić information content (AvgIpc) is 3.07. The van der Waals surface area contributed by atoms with E-state index < -0.39 is 11.6 Å². The Morgan fingerprint density at radius 1 is 1.33 bits per heavy atom. The number of aromatic nitrogens is 2. The van der Waals surface area contributed by atoms with E-state index in [1.54, 1.807) is 24.1 Å². The first-order valence-electron chi connectivity index (χ1n) is 7.94. The van der Waals surface area contributed by atoms with E-state index in [2.05, 4.69) is 15.3 Å². The Bertz CT molecular complexity index is 711. The molecule has 128 valence electrons. The number of rotatable bonds is 5. The van der Waals surface area contributed by atoms with E-state index in [0.29, 0.717) is 30.1 Å². The molecule has 1 aromatic carbocycles. The molecule has 1 N–H and O–H groups in total. The maximum atomic E-state index is 13.2. The molecule has 1 aromatic heterocycles. The molecule has 1 fully saturated rings. The number of benzene rings is 1. The van der Waals surface area contributed by atoms with Crippen LogP contribution in [0.25, 0.3) is 0 Å². The van der Waals surface area contributed by atoms with E-state index in [1.165, 1.54) is 12.1 Å². The smallest absolute Gasteiger partial charge is 0.238 e. The second kappa shape index (κ2) is 7.09. The van der Waals surface area contributed by atoms with E-state index >= 15 is 0 Å². The monoisotopic (exact) mass is 334 g/mol. The van der Waals surface area contributed by atoms with Gasteiger partial charge >= 0.3 is 0 Å². The quantitative estimate of drug-likeness (QED) is 0.912. The molecule has 0 saturated carbocycles. The first-order chi connectivity index (χ1) is 11.5. The molecule has 1 amide bonds. The topological polar surface area (TPSA) is 50.2 Å². The van der Waals surface area contributed by atoms with Crippen molar-refractivity contribution in [3.8, 4) is 0 Å². The van der Waals surface area contributed by atoms with Gasteiger partial charge in [-0.2, -0.15) is 5.10 Å². The van der Waals surface area contributed by atoms with E-state index in [4.69, 9.17) is 0 Å². The Kier molecular flexibility index (Phi) is 4.89. The Morgan fingerprint density at radius 3 is 2.75 bits per heavy atom. The van der Waals surface area contributed by atoms with Crippen LogP contribution in [0.1, 0.15) is 12.0 Å². The zero-order valence-corrected chi connectivity index (χ0v) is 13.5. The van der Waals surface area contributed by atoms with Gasteiger partial charge in [0.1, 0.15) is 11.6 Å². The van der Waals surface area contributed by atoms with Gasteiger partial charge in [-0.3, -0.25) is 14.4 Å². The second-order valence-corrected chi connectivity index (χ2v) is 6.32. The molecule has 1 atom stereocenters. The highest BCUT2D eigenvalue weighted by atomic mass is 19.1. The van der Waals surface area contributed by atoms with E-state index in [0.717, 1.165) is 25.6 Å². The third kappa shape index (κ3) is 4.38. The maximum Gasteiger partial charge on any atom is 0.238 e. The van der Waals surface area contributed by atoms with Crippen LogP contribution in [0, 0.1) is 17.6 Å². The maximum absolute atomic E-state index is 13.2. The number of hydrogen-bond acceptors (Lipinski definition) is 3. The summed E-state index contributed by atoms with van der Waals surface area (Å²) in [5.74, 6) is -0.871. The van der Waals surface area contributed by atoms with Gasteiger partial charge in [-0.15, -0.1) is 0 Å². The second-order valence-electron chi connectivity index (χ2n) is 6.32. The molecule has 24 heavy (non-hydrogen) atoms. The standard InChI is InChI=1S/C17H20F2N4O/c1-22-10-16(8-20-22)21-17(24)11-23-3-2-12(9-23)4-13-5-14(18)7-15(19)6-13/h5-8,10,12H,2-4,9,11H2,1H3,(H,21,24). The van der Waals surface area contributed by atoms with Crippen molar-refractivity contribution < 1.29 is 13.6 Å². The molecule has 0 bridgehead atoms. The van der Waals surface area contributed by atoms with Crippen LogP contribution < -0.4 is 5.32 Å². The normalized spacial score (nSPS) is 18.0. The molecule has 0 spiro atoms. The first-order valence-corrected chi connectivity index (χ1v) is 7.94. The summed E-state index contributed by atoms with van der Waals surface area (Å²) in [7, 11) is 1.79. The van der Waals surface area contributed by atoms with Crippen LogP contribution in [0.4, 0.5) is 14.5 Å². The SMILES string of the molecule is Cn1cc(NC(=O)CN2CCC(Cc3cc(F)cc(F)c3)C2)cn1. The minimum Gasteiger partial charge on any atom is -0.322 e. The Labute approximate surface area is 139 Å². The lowest BCUT2D eigenvalue weighted by atomic mass is 9.98. The molecular weight excluding hydrogens is 314 g/mol. The molecule has 5 nitrogen and oxygen atoms in total. The lowest BCUT2D eigenvalue weighted by Crippen LogP contribution is -2.31. The van der Waals surface area contributed by atoms with Crippen molar-refractivity contribution in [2.24, 2.45) is 13.0 Å². The van der Waals surface area contributed by atoms with Gasteiger partial charge in [0, 0.05) is 25.9 Å². The van der Waals surface area contributed by atoms with Crippen LogP contribution in [0.5, 0.6) is 0 Å². The zero-order valence-electron chi connectivity index (χ0n) is 13.5. The van der Waals surface area contributed by atoms with Gasteiger partial charge in [-0.1, -0.05) is 0 Å². The van der Waals surface area contributed by atoms with Crippen molar-refractivity contribution in [1.29, 1.82) is 0 Å². The average molecular weight is 334 g/mol. The molecule has 0 aliphatic carbocycles. The predicted molar refractivity (Wildman–Crippen MR) is 86.4 cm³/mol. The number of carbonyl (C=O) groups excluding carboxylic acids is 1. The van der Waals surface area contributed by atoms with Gasteiger partial charge in [-0.05, 0) is 43.0 Å². The molecule has 2 aromatic rings. The van der Waals surface area contributed by atoms with Crippen LogP contribution >= 0.6 is 0 Å². The summed E-state index contributed by atoms with van der Waals surface area (Å²) in [5, 5.41) is 6.81. The summed E-state index contributed by atoms with van der Waals surface area (Å²) >= 11 is 0. The largest absolute Gasteiger partial charge is 0.322 e. The molecule has 7 heteroatoms. The number of nitrogens with one attached hydrogen (secondary N) is 1. The van der Waals surface area contributed by atoms with Gasteiger partial charge in [0.25, 0.3) is 0 Å². The fraction of sp³-hybridized carbons (Fsp3) is 0.412. The van der Waals surface area contributed by atoms with Crippen LogP contribution in [0.3, 0.4) is 0 Å². The van der Waals surface area contributed by atoms with Gasteiger partial charge in [0.2, 0.25) is 5.91 Å². The van der Waals surface area contributed by atoms with Crippen LogP contribution in [-0.4, -0.2) is 40.2 Å². The van der Waals surface area contributed by atoms with E-state index in [9.17, 15) is 13.6 Å². The number of likely N-dealkylation sites (tertiary alicyclic amines) is 1. The number of nitrogens with zero attached hydrogens (tertiary/aromatic N) is 3. The number of aryl methyl sites for hydroxylation is 1. The van der Waals surface area contributed by atoms with Crippen LogP contribution in [-0.2, 0) is 18.3 Å². The number of amides is 1. The van der Waals surface area contributed by atoms with Crippen molar-refractivity contribution in [2.45, 2.75) is 12.8 Å². The van der Waals surface area contributed by atoms with Crippen LogP contribution in [0.2, 0.25) is 0 Å². The summed E-state index contributed by atoms with van der Waals surface area (Å²) in [6.45, 7) is 1.87. The third-order valence-electron chi connectivity index (χ3n) is 4.17. The zero-order chi connectivity index (χ0) is 17.1. The Morgan fingerprint density at radius 2 is 2.08 bits per heavy atom. The van der Waals surface area contributed by atoms with Gasteiger partial charge in [0.05, 0.1) is 18.4 Å². The van der Waals surface area contributed by atoms with Crippen molar-refractivity contribution in [3.05, 3.63) is 47.8 Å². The number of hydrogen-bond donors (Lipinski definition) is 1. The van der Waals surface area contributed by atoms with E-state index in [1.807, 2.05) is 0 Å². The molecular formula is C17H20F2N4O. The minimum absolute atomic E-state index is 0.0829. The Balaban J connectivity index is 1.49. The van der Waals surface area contributed by atoms with E-state index in [-0.39, 0.29) is 5.91 Å². The van der Waals surface area contributed by atoms with Crippen molar-refractivity contribution in [2.75, 3.05) is 25.0 Å². The van der Waals surface area contributed by atoms with Crippen molar-refractivity contribution in [3.63, 3.8) is 0 Å². The summed E-state index contributed by atoms with van der Waals surface area (Å²) in [4.78, 5) is 14.1. The Hall–Kier alpha value is -2.28. The molecule has 3 rings (SSSR count). The predicted octanol–water partition coefficient (Wildman–Crippen LogP) is 2.20. The highest BCUT2D eigenvalue weighted by Crippen LogP contribution is 2.22. The lowest BCUT2D eigenvalue weighted by molar-refractivity contribution is -0.117. The number of halogens is 2. The minimum atomic E-state index is -0.546. The van der Waals surface area contributed by atoms with Crippen molar-refractivity contribution in [1.82, 2.24) is 14.7 Å². The number of anilines is 1. The van der Waals surface area contributed by atoms with Gasteiger partial charge < -0.3 is 5.32 Å². The number of carbonyl (C=O) groups is 1. The highest BCUT2D eigenvalue weighted by Gasteiger charge is 2.24. The fourth-order valence-electron chi connectivity index (χ4n) is 3.17.